The Labute approximate surface area is 97.1 Å². The van der Waals surface area contributed by atoms with Gasteiger partial charge < -0.3 is 16.2 Å². The molecular formula is C11H10N4O2. The summed E-state index contributed by atoms with van der Waals surface area (Å²) in [6.07, 6.45) is 2.77. The van der Waals surface area contributed by atoms with Gasteiger partial charge in [0.15, 0.2) is 11.5 Å². The molecule has 0 bridgehead atoms. The molecule has 1 aromatic heterocycles. The molecule has 17 heavy (non-hydrogen) atoms. The second-order valence-corrected chi connectivity index (χ2v) is 3.26. The van der Waals surface area contributed by atoms with Gasteiger partial charge >= 0.3 is 0 Å². The van der Waals surface area contributed by atoms with E-state index in [9.17, 15) is 9.90 Å². The molecule has 2 aromatic rings. The van der Waals surface area contributed by atoms with Gasteiger partial charge in [-0.1, -0.05) is 12.1 Å². The zero-order chi connectivity index (χ0) is 12.3. The number of hydrogen-bond donors (Lipinski definition) is 3. The number of amides is 1. The number of anilines is 2. The standard InChI is InChI=1S/C11H10N4O2/c12-10-9(13-5-6-14-10)11(17)15-7-3-1-2-4-8(7)16/h1-6,16H,(H2,12,14)(H,15,17). The third-order valence-corrected chi connectivity index (χ3v) is 2.09. The number of phenols is 1. The van der Waals surface area contributed by atoms with E-state index in [0.717, 1.165) is 0 Å². The van der Waals surface area contributed by atoms with Crippen molar-refractivity contribution in [3.8, 4) is 5.75 Å². The van der Waals surface area contributed by atoms with Crippen LogP contribution in [0.4, 0.5) is 11.5 Å². The van der Waals surface area contributed by atoms with Crippen LogP contribution in [0.1, 0.15) is 10.5 Å². The molecule has 1 amide bonds. The number of nitrogens with one attached hydrogen (secondary N) is 1. The number of rotatable bonds is 2. The van der Waals surface area contributed by atoms with Gasteiger partial charge in [-0.2, -0.15) is 0 Å². The highest BCUT2D eigenvalue weighted by Gasteiger charge is 2.13. The van der Waals surface area contributed by atoms with Gasteiger partial charge in [0.1, 0.15) is 5.75 Å². The number of carbonyl (C=O) groups is 1. The summed E-state index contributed by atoms with van der Waals surface area (Å²) < 4.78 is 0. The lowest BCUT2D eigenvalue weighted by Gasteiger charge is -2.07. The monoisotopic (exact) mass is 230 g/mol. The Morgan fingerprint density at radius 1 is 1.24 bits per heavy atom. The zero-order valence-electron chi connectivity index (χ0n) is 8.79. The predicted molar refractivity (Wildman–Crippen MR) is 62.5 cm³/mol. The molecule has 1 aromatic carbocycles. The first-order valence-electron chi connectivity index (χ1n) is 4.84. The number of benzene rings is 1. The van der Waals surface area contributed by atoms with Crippen LogP contribution in [-0.4, -0.2) is 21.0 Å². The van der Waals surface area contributed by atoms with Crippen LogP contribution in [0.3, 0.4) is 0 Å². The quantitative estimate of drug-likeness (QED) is 0.668. The average Bonchev–Trinajstić information content (AvgIpc) is 2.32. The van der Waals surface area contributed by atoms with Crippen LogP contribution in [0, 0.1) is 0 Å². The average molecular weight is 230 g/mol. The maximum absolute atomic E-state index is 11.8. The largest absolute Gasteiger partial charge is 0.506 e. The van der Waals surface area contributed by atoms with Crippen molar-refractivity contribution in [1.82, 2.24) is 9.97 Å². The molecule has 0 saturated carbocycles. The third kappa shape index (κ3) is 2.31. The van der Waals surface area contributed by atoms with Crippen LogP contribution < -0.4 is 11.1 Å². The number of nitrogen functional groups attached to an aromatic ring is 1. The van der Waals surface area contributed by atoms with Crippen molar-refractivity contribution in [2.75, 3.05) is 11.1 Å². The molecule has 1 heterocycles. The Morgan fingerprint density at radius 3 is 2.65 bits per heavy atom. The first-order chi connectivity index (χ1) is 8.18. The topological polar surface area (TPSA) is 101 Å². The first-order valence-corrected chi connectivity index (χ1v) is 4.84. The second kappa shape index (κ2) is 4.48. The number of aromatic hydroxyl groups is 1. The number of nitrogens with zero attached hydrogens (tertiary/aromatic N) is 2. The summed E-state index contributed by atoms with van der Waals surface area (Å²) in [5, 5.41) is 12.0. The van der Waals surface area contributed by atoms with Crippen molar-refractivity contribution in [2.45, 2.75) is 0 Å². The fourth-order valence-corrected chi connectivity index (χ4v) is 1.28. The lowest BCUT2D eigenvalue weighted by Crippen LogP contribution is -2.16. The highest BCUT2D eigenvalue weighted by atomic mass is 16.3. The zero-order valence-corrected chi connectivity index (χ0v) is 8.79. The van der Waals surface area contributed by atoms with E-state index in [-0.39, 0.29) is 17.3 Å². The number of aromatic nitrogens is 2. The van der Waals surface area contributed by atoms with Crippen LogP contribution in [0.25, 0.3) is 0 Å². The molecule has 4 N–H and O–H groups in total. The van der Waals surface area contributed by atoms with E-state index in [1.54, 1.807) is 18.2 Å². The van der Waals surface area contributed by atoms with Crippen LogP contribution in [0.15, 0.2) is 36.7 Å². The molecule has 0 saturated heterocycles. The molecule has 0 atom stereocenters. The summed E-state index contributed by atoms with van der Waals surface area (Å²) >= 11 is 0. The van der Waals surface area contributed by atoms with E-state index in [1.807, 2.05) is 0 Å². The van der Waals surface area contributed by atoms with Gasteiger partial charge in [-0.15, -0.1) is 0 Å². The number of para-hydroxylation sites is 2. The van der Waals surface area contributed by atoms with Crippen molar-refractivity contribution in [3.63, 3.8) is 0 Å². The fourth-order valence-electron chi connectivity index (χ4n) is 1.28. The van der Waals surface area contributed by atoms with E-state index >= 15 is 0 Å². The Bertz CT molecular complexity index is 557. The first kappa shape index (κ1) is 10.9. The molecular weight excluding hydrogens is 220 g/mol. The SMILES string of the molecule is Nc1nccnc1C(=O)Nc1ccccc1O. The molecule has 0 aliphatic carbocycles. The summed E-state index contributed by atoms with van der Waals surface area (Å²) in [6, 6.07) is 6.38. The Kier molecular flexibility index (Phi) is 2.87. The van der Waals surface area contributed by atoms with E-state index in [4.69, 9.17) is 5.73 Å². The minimum absolute atomic E-state index is 0.0238. The molecule has 0 radical (unpaired) electrons. The highest BCUT2D eigenvalue weighted by molar-refractivity contribution is 6.06. The highest BCUT2D eigenvalue weighted by Crippen LogP contribution is 2.22. The minimum Gasteiger partial charge on any atom is -0.506 e. The van der Waals surface area contributed by atoms with Crippen molar-refractivity contribution < 1.29 is 9.90 Å². The summed E-state index contributed by atoms with van der Waals surface area (Å²) in [5.74, 6) is -0.499. The second-order valence-electron chi connectivity index (χ2n) is 3.26. The number of hydrogen-bond acceptors (Lipinski definition) is 5. The van der Waals surface area contributed by atoms with Crippen LogP contribution >= 0.6 is 0 Å². The van der Waals surface area contributed by atoms with Crippen LogP contribution in [0.5, 0.6) is 5.75 Å². The third-order valence-electron chi connectivity index (χ3n) is 2.09. The molecule has 6 nitrogen and oxygen atoms in total. The minimum atomic E-state index is -0.517. The van der Waals surface area contributed by atoms with Crippen molar-refractivity contribution in [1.29, 1.82) is 0 Å². The maximum Gasteiger partial charge on any atom is 0.278 e. The molecule has 0 aliphatic heterocycles. The molecule has 0 spiro atoms. The molecule has 86 valence electrons. The lowest BCUT2D eigenvalue weighted by molar-refractivity contribution is 0.102. The van der Waals surface area contributed by atoms with Gasteiger partial charge in [-0.25, -0.2) is 9.97 Å². The van der Waals surface area contributed by atoms with E-state index in [0.29, 0.717) is 5.69 Å². The summed E-state index contributed by atoms with van der Waals surface area (Å²) in [6.45, 7) is 0. The molecule has 0 unspecified atom stereocenters. The summed E-state index contributed by atoms with van der Waals surface area (Å²) in [4.78, 5) is 19.4. The molecule has 6 heteroatoms. The lowest BCUT2D eigenvalue weighted by atomic mass is 10.3. The van der Waals surface area contributed by atoms with Gasteiger partial charge in [0.25, 0.3) is 5.91 Å². The Hall–Kier alpha value is -2.63. The van der Waals surface area contributed by atoms with Crippen LogP contribution in [-0.2, 0) is 0 Å². The van der Waals surface area contributed by atoms with Crippen molar-refractivity contribution >= 4 is 17.4 Å². The van der Waals surface area contributed by atoms with Gasteiger partial charge in [-0.3, -0.25) is 4.79 Å². The van der Waals surface area contributed by atoms with Gasteiger partial charge in [0.2, 0.25) is 0 Å². The van der Waals surface area contributed by atoms with E-state index in [2.05, 4.69) is 15.3 Å². The van der Waals surface area contributed by atoms with Gasteiger partial charge in [-0.05, 0) is 12.1 Å². The maximum atomic E-state index is 11.8. The van der Waals surface area contributed by atoms with Crippen molar-refractivity contribution in [2.24, 2.45) is 0 Å². The molecule has 2 rings (SSSR count). The summed E-state index contributed by atoms with van der Waals surface area (Å²) in [7, 11) is 0. The van der Waals surface area contributed by atoms with Crippen molar-refractivity contribution in [3.05, 3.63) is 42.4 Å². The van der Waals surface area contributed by atoms with E-state index in [1.165, 1.54) is 18.5 Å². The normalized spacial score (nSPS) is 9.88. The molecule has 0 aliphatic rings. The smallest absolute Gasteiger partial charge is 0.278 e. The van der Waals surface area contributed by atoms with Gasteiger partial charge in [0, 0.05) is 12.4 Å². The van der Waals surface area contributed by atoms with Gasteiger partial charge in [0.05, 0.1) is 5.69 Å². The number of phenolic OH excluding ortho intramolecular Hbond substituents is 1. The summed E-state index contributed by atoms with van der Waals surface area (Å²) in [5.41, 5.74) is 5.83. The number of carbonyl (C=O) groups excluding carboxylic acids is 1. The van der Waals surface area contributed by atoms with E-state index < -0.39 is 5.91 Å². The Morgan fingerprint density at radius 2 is 1.94 bits per heavy atom. The Balaban J connectivity index is 2.24. The fraction of sp³-hybridized carbons (Fsp3) is 0. The predicted octanol–water partition coefficient (Wildman–Crippen LogP) is 1.02. The number of nitrogens with two attached hydrogens (primary N) is 1. The molecule has 0 fully saturated rings. The van der Waals surface area contributed by atoms with Crippen LogP contribution in [0.2, 0.25) is 0 Å².